The summed E-state index contributed by atoms with van der Waals surface area (Å²) in [7, 11) is 0. The van der Waals surface area contributed by atoms with Gasteiger partial charge in [0.1, 0.15) is 0 Å². The average molecular weight is 461 g/mol. The number of ether oxygens (including phenoxy) is 2. The molecule has 0 radical (unpaired) electrons. The molecule has 1 aliphatic carbocycles. The van der Waals surface area contributed by atoms with Crippen LogP contribution in [-0.4, -0.2) is 38.8 Å². The predicted molar refractivity (Wildman–Crippen MR) is 115 cm³/mol. The highest BCUT2D eigenvalue weighted by molar-refractivity contribution is 14.0. The Morgan fingerprint density at radius 2 is 1.80 bits per heavy atom. The Balaban J connectivity index is 0.00000312. The van der Waals surface area contributed by atoms with Crippen LogP contribution >= 0.6 is 24.0 Å². The van der Waals surface area contributed by atoms with E-state index in [2.05, 4.69) is 34.7 Å². The maximum absolute atomic E-state index is 5.69. The van der Waals surface area contributed by atoms with Crippen LogP contribution in [0.15, 0.2) is 23.2 Å². The molecule has 1 aliphatic rings. The Kier molecular flexibility index (Phi) is 10.7. The molecule has 0 spiro atoms. The first-order valence-electron chi connectivity index (χ1n) is 9.17. The van der Waals surface area contributed by atoms with Gasteiger partial charge in [0.2, 0.25) is 0 Å². The van der Waals surface area contributed by atoms with Crippen molar-refractivity contribution in [2.24, 2.45) is 10.9 Å². The second kappa shape index (κ2) is 12.2. The van der Waals surface area contributed by atoms with Crippen molar-refractivity contribution in [3.63, 3.8) is 0 Å². The molecule has 0 heterocycles. The normalized spacial score (nSPS) is 13.8. The number of halogens is 1. The summed E-state index contributed by atoms with van der Waals surface area (Å²) in [4.78, 5) is 4.64. The zero-order valence-corrected chi connectivity index (χ0v) is 18.0. The Morgan fingerprint density at radius 1 is 1.08 bits per heavy atom. The quantitative estimate of drug-likeness (QED) is 0.318. The smallest absolute Gasteiger partial charge is 0.191 e. The summed E-state index contributed by atoms with van der Waals surface area (Å²) in [6.45, 7) is 10.0. The van der Waals surface area contributed by atoms with E-state index < -0.39 is 0 Å². The molecule has 1 fully saturated rings. The number of hydrogen-bond acceptors (Lipinski definition) is 3. The monoisotopic (exact) mass is 461 g/mol. The first kappa shape index (κ1) is 21.9. The van der Waals surface area contributed by atoms with Crippen LogP contribution in [-0.2, 0) is 6.42 Å². The van der Waals surface area contributed by atoms with Gasteiger partial charge >= 0.3 is 0 Å². The fourth-order valence-electron chi connectivity index (χ4n) is 2.44. The van der Waals surface area contributed by atoms with Gasteiger partial charge in [-0.25, -0.2) is 0 Å². The molecule has 0 aliphatic heterocycles. The summed E-state index contributed by atoms with van der Waals surface area (Å²) >= 11 is 0. The van der Waals surface area contributed by atoms with Crippen molar-refractivity contribution < 1.29 is 9.47 Å². The van der Waals surface area contributed by atoms with E-state index >= 15 is 0 Å². The molecular formula is C19H32IN3O2. The standard InChI is InChI=1S/C19H31N3O2.HI/c1-4-20-19(22-14-16-7-8-16)21-12-11-15-9-10-17(23-5-2)18(13-15)24-6-3;/h9-10,13,16H,4-8,11-12,14H2,1-3H3,(H2,20,21,22);1H. The first-order valence-corrected chi connectivity index (χ1v) is 9.17. The lowest BCUT2D eigenvalue weighted by Crippen LogP contribution is -2.38. The van der Waals surface area contributed by atoms with Gasteiger partial charge in [-0.1, -0.05) is 6.07 Å². The fraction of sp³-hybridized carbons (Fsp3) is 0.632. The van der Waals surface area contributed by atoms with E-state index in [-0.39, 0.29) is 24.0 Å². The van der Waals surface area contributed by atoms with Crippen molar-refractivity contribution in [3.05, 3.63) is 23.8 Å². The SMILES string of the molecule is CCNC(=NCC1CC1)NCCc1ccc(OCC)c(OCC)c1.I. The number of rotatable bonds is 10. The minimum absolute atomic E-state index is 0. The summed E-state index contributed by atoms with van der Waals surface area (Å²) in [6.07, 6.45) is 3.57. The summed E-state index contributed by atoms with van der Waals surface area (Å²) in [6, 6.07) is 6.17. The lowest BCUT2D eigenvalue weighted by molar-refractivity contribution is 0.287. The molecule has 0 atom stereocenters. The van der Waals surface area contributed by atoms with Crippen LogP contribution in [0.3, 0.4) is 0 Å². The predicted octanol–water partition coefficient (Wildman–Crippen LogP) is 3.61. The van der Waals surface area contributed by atoms with Gasteiger partial charge in [0.25, 0.3) is 0 Å². The molecule has 0 amide bonds. The Hall–Kier alpha value is -1.18. The lowest BCUT2D eigenvalue weighted by Gasteiger charge is -2.14. The second-order valence-electron chi connectivity index (χ2n) is 5.99. The average Bonchev–Trinajstić information content (AvgIpc) is 3.40. The third-order valence-corrected chi connectivity index (χ3v) is 3.86. The molecule has 2 N–H and O–H groups in total. The van der Waals surface area contributed by atoms with Crippen LogP contribution in [0.5, 0.6) is 11.5 Å². The van der Waals surface area contributed by atoms with Gasteiger partial charge in [-0.05, 0) is 63.6 Å². The van der Waals surface area contributed by atoms with Crippen molar-refractivity contribution in [1.29, 1.82) is 0 Å². The van der Waals surface area contributed by atoms with Gasteiger partial charge < -0.3 is 20.1 Å². The zero-order chi connectivity index (χ0) is 17.2. The lowest BCUT2D eigenvalue weighted by atomic mass is 10.1. The Morgan fingerprint density at radius 3 is 2.44 bits per heavy atom. The van der Waals surface area contributed by atoms with Crippen molar-refractivity contribution in [3.8, 4) is 11.5 Å². The molecule has 1 aromatic rings. The number of aliphatic imine (C=N–C) groups is 1. The number of hydrogen-bond donors (Lipinski definition) is 2. The summed E-state index contributed by atoms with van der Waals surface area (Å²) in [5.74, 6) is 3.36. The largest absolute Gasteiger partial charge is 0.490 e. The van der Waals surface area contributed by atoms with Crippen molar-refractivity contribution in [2.75, 3.05) is 32.8 Å². The molecule has 0 saturated heterocycles. The van der Waals surface area contributed by atoms with E-state index in [1.807, 2.05) is 19.9 Å². The van der Waals surface area contributed by atoms with Gasteiger partial charge in [0.05, 0.1) is 13.2 Å². The number of nitrogens with zero attached hydrogens (tertiary/aromatic N) is 1. The summed E-state index contributed by atoms with van der Waals surface area (Å²) in [5.41, 5.74) is 1.23. The number of benzene rings is 1. The van der Waals surface area contributed by atoms with Gasteiger partial charge in [-0.15, -0.1) is 24.0 Å². The number of guanidine groups is 1. The van der Waals surface area contributed by atoms with E-state index in [0.29, 0.717) is 13.2 Å². The highest BCUT2D eigenvalue weighted by Crippen LogP contribution is 2.29. The highest BCUT2D eigenvalue weighted by atomic mass is 127. The van der Waals surface area contributed by atoms with Crippen LogP contribution in [0.1, 0.15) is 39.2 Å². The third-order valence-electron chi connectivity index (χ3n) is 3.86. The van der Waals surface area contributed by atoms with E-state index in [1.54, 1.807) is 0 Å². The van der Waals surface area contributed by atoms with Gasteiger partial charge in [-0.3, -0.25) is 4.99 Å². The zero-order valence-electron chi connectivity index (χ0n) is 15.6. The van der Waals surface area contributed by atoms with E-state index in [9.17, 15) is 0 Å². The topological polar surface area (TPSA) is 54.9 Å². The Labute approximate surface area is 169 Å². The number of nitrogens with one attached hydrogen (secondary N) is 2. The molecule has 0 unspecified atom stereocenters. The molecule has 1 aromatic carbocycles. The van der Waals surface area contributed by atoms with E-state index in [1.165, 1.54) is 18.4 Å². The molecule has 0 aromatic heterocycles. The molecular weight excluding hydrogens is 429 g/mol. The van der Waals surface area contributed by atoms with Crippen LogP contribution in [0, 0.1) is 5.92 Å². The highest BCUT2D eigenvalue weighted by Gasteiger charge is 2.20. The minimum atomic E-state index is 0. The van der Waals surface area contributed by atoms with Gasteiger partial charge in [0.15, 0.2) is 17.5 Å². The van der Waals surface area contributed by atoms with Crippen molar-refractivity contribution >= 4 is 29.9 Å². The first-order chi connectivity index (χ1) is 11.8. The Bertz CT molecular complexity index is 533. The molecule has 142 valence electrons. The van der Waals surface area contributed by atoms with Gasteiger partial charge in [0, 0.05) is 19.6 Å². The van der Waals surface area contributed by atoms with Crippen LogP contribution in [0.4, 0.5) is 0 Å². The molecule has 1 saturated carbocycles. The molecule has 6 heteroatoms. The second-order valence-corrected chi connectivity index (χ2v) is 5.99. The molecule has 0 bridgehead atoms. The maximum atomic E-state index is 5.69. The van der Waals surface area contributed by atoms with Crippen LogP contribution in [0.25, 0.3) is 0 Å². The fourth-order valence-corrected chi connectivity index (χ4v) is 2.44. The van der Waals surface area contributed by atoms with Crippen molar-refractivity contribution in [1.82, 2.24) is 10.6 Å². The minimum Gasteiger partial charge on any atom is -0.490 e. The molecule has 5 nitrogen and oxygen atoms in total. The van der Waals surface area contributed by atoms with Crippen LogP contribution in [0.2, 0.25) is 0 Å². The summed E-state index contributed by atoms with van der Waals surface area (Å²) < 4.78 is 11.3. The van der Waals surface area contributed by atoms with Crippen LogP contribution < -0.4 is 20.1 Å². The van der Waals surface area contributed by atoms with E-state index in [4.69, 9.17) is 9.47 Å². The summed E-state index contributed by atoms with van der Waals surface area (Å²) in [5, 5.41) is 6.71. The van der Waals surface area contributed by atoms with E-state index in [0.717, 1.165) is 49.4 Å². The third kappa shape index (κ3) is 8.16. The maximum Gasteiger partial charge on any atom is 0.191 e. The van der Waals surface area contributed by atoms with Crippen molar-refractivity contribution in [2.45, 2.75) is 40.0 Å². The molecule has 2 rings (SSSR count). The van der Waals surface area contributed by atoms with Gasteiger partial charge in [-0.2, -0.15) is 0 Å². The molecule has 25 heavy (non-hydrogen) atoms.